The Morgan fingerprint density at radius 3 is 2.62 bits per heavy atom. The Balaban J connectivity index is 2.00. The molecule has 21 heavy (non-hydrogen) atoms. The van der Waals surface area contributed by atoms with Crippen LogP contribution in [0.5, 0.6) is 5.75 Å². The van der Waals surface area contributed by atoms with Gasteiger partial charge in [-0.05, 0) is 56.2 Å². The predicted octanol–water partition coefficient (Wildman–Crippen LogP) is 3.85. The van der Waals surface area contributed by atoms with E-state index in [0.29, 0.717) is 17.0 Å². The molecule has 0 aliphatic heterocycles. The highest BCUT2D eigenvalue weighted by Gasteiger charge is 2.15. The number of anilines is 1. The van der Waals surface area contributed by atoms with Crippen LogP contribution in [0.25, 0.3) is 0 Å². The number of hydrogen-bond donors (Lipinski definition) is 1. The molecule has 0 saturated heterocycles. The summed E-state index contributed by atoms with van der Waals surface area (Å²) >= 11 is 0. The van der Waals surface area contributed by atoms with Crippen molar-refractivity contribution < 1.29 is 13.9 Å². The first-order valence-corrected chi connectivity index (χ1v) is 6.76. The number of benzene rings is 2. The molecule has 0 radical (unpaired) electrons. The maximum absolute atomic E-state index is 13.4. The largest absolute Gasteiger partial charge is 0.481 e. The molecule has 0 spiro atoms. The third-order valence-electron chi connectivity index (χ3n) is 3.11. The van der Waals surface area contributed by atoms with Gasteiger partial charge >= 0.3 is 0 Å². The standard InChI is InChI=1S/C17H18FNO2/c1-11-5-4-6-15(9-11)21-13(3)17(20)19-14-8-7-12(2)16(18)10-14/h4-10,13H,1-3H3,(H,19,20)/t13-/m1/s1. The van der Waals surface area contributed by atoms with E-state index in [0.717, 1.165) is 5.56 Å². The van der Waals surface area contributed by atoms with Gasteiger partial charge in [0.1, 0.15) is 11.6 Å². The first kappa shape index (κ1) is 15.0. The van der Waals surface area contributed by atoms with Gasteiger partial charge in [0.25, 0.3) is 5.91 Å². The summed E-state index contributed by atoms with van der Waals surface area (Å²) < 4.78 is 19.0. The van der Waals surface area contributed by atoms with Crippen molar-refractivity contribution in [2.75, 3.05) is 5.32 Å². The lowest BCUT2D eigenvalue weighted by Gasteiger charge is -2.15. The second-order valence-electron chi connectivity index (χ2n) is 5.03. The molecule has 1 amide bonds. The Hall–Kier alpha value is -2.36. The fourth-order valence-electron chi connectivity index (χ4n) is 1.86. The number of rotatable bonds is 4. The van der Waals surface area contributed by atoms with E-state index in [2.05, 4.69) is 5.32 Å². The molecule has 0 bridgehead atoms. The molecule has 0 aromatic heterocycles. The van der Waals surface area contributed by atoms with Crippen LogP contribution < -0.4 is 10.1 Å². The summed E-state index contributed by atoms with van der Waals surface area (Å²) in [7, 11) is 0. The molecule has 2 aromatic carbocycles. The molecular formula is C17H18FNO2. The van der Waals surface area contributed by atoms with Gasteiger partial charge in [-0.1, -0.05) is 18.2 Å². The van der Waals surface area contributed by atoms with Crippen LogP contribution in [0.15, 0.2) is 42.5 Å². The van der Waals surface area contributed by atoms with Crippen molar-refractivity contribution in [1.29, 1.82) is 0 Å². The third-order valence-corrected chi connectivity index (χ3v) is 3.11. The summed E-state index contributed by atoms with van der Waals surface area (Å²) in [5.74, 6) is -0.0347. The minimum absolute atomic E-state index is 0.320. The second kappa shape index (κ2) is 6.39. The zero-order valence-corrected chi connectivity index (χ0v) is 12.3. The van der Waals surface area contributed by atoms with E-state index in [-0.39, 0.29) is 11.7 Å². The molecule has 0 unspecified atom stereocenters. The minimum Gasteiger partial charge on any atom is -0.481 e. The van der Waals surface area contributed by atoms with E-state index in [1.165, 1.54) is 6.07 Å². The molecular weight excluding hydrogens is 269 g/mol. The van der Waals surface area contributed by atoms with Crippen molar-refractivity contribution in [1.82, 2.24) is 0 Å². The fraction of sp³-hybridized carbons (Fsp3) is 0.235. The third kappa shape index (κ3) is 4.05. The quantitative estimate of drug-likeness (QED) is 0.927. The summed E-state index contributed by atoms with van der Waals surface area (Å²) in [5.41, 5.74) is 2.01. The number of aryl methyl sites for hydroxylation is 2. The summed E-state index contributed by atoms with van der Waals surface area (Å²) in [6, 6.07) is 12.0. The van der Waals surface area contributed by atoms with Gasteiger partial charge in [0, 0.05) is 5.69 Å². The first-order chi connectivity index (χ1) is 9.95. The highest BCUT2D eigenvalue weighted by molar-refractivity contribution is 5.94. The zero-order valence-electron chi connectivity index (χ0n) is 12.3. The fourth-order valence-corrected chi connectivity index (χ4v) is 1.86. The van der Waals surface area contributed by atoms with E-state index in [9.17, 15) is 9.18 Å². The highest BCUT2D eigenvalue weighted by Crippen LogP contribution is 2.16. The van der Waals surface area contributed by atoms with E-state index < -0.39 is 6.10 Å². The van der Waals surface area contributed by atoms with E-state index >= 15 is 0 Å². The Bertz CT molecular complexity index is 655. The van der Waals surface area contributed by atoms with Gasteiger partial charge < -0.3 is 10.1 Å². The number of nitrogens with one attached hydrogen (secondary N) is 1. The lowest BCUT2D eigenvalue weighted by atomic mass is 10.2. The maximum Gasteiger partial charge on any atom is 0.265 e. The molecule has 0 fully saturated rings. The second-order valence-corrected chi connectivity index (χ2v) is 5.03. The first-order valence-electron chi connectivity index (χ1n) is 6.76. The monoisotopic (exact) mass is 287 g/mol. The van der Waals surface area contributed by atoms with E-state index in [1.807, 2.05) is 25.1 Å². The van der Waals surface area contributed by atoms with Crippen molar-refractivity contribution >= 4 is 11.6 Å². The molecule has 0 aliphatic carbocycles. The molecule has 1 N–H and O–H groups in total. The van der Waals surface area contributed by atoms with Crippen molar-refractivity contribution in [3.05, 3.63) is 59.4 Å². The van der Waals surface area contributed by atoms with Gasteiger partial charge in [-0.15, -0.1) is 0 Å². The van der Waals surface area contributed by atoms with Gasteiger partial charge in [-0.2, -0.15) is 0 Å². The summed E-state index contributed by atoms with van der Waals surface area (Å²) in [6.07, 6.45) is -0.670. The summed E-state index contributed by atoms with van der Waals surface area (Å²) in [6.45, 7) is 5.28. The van der Waals surface area contributed by atoms with Gasteiger partial charge in [0.15, 0.2) is 6.10 Å². The number of ether oxygens (including phenoxy) is 1. The highest BCUT2D eigenvalue weighted by atomic mass is 19.1. The Labute approximate surface area is 123 Å². The van der Waals surface area contributed by atoms with E-state index in [4.69, 9.17) is 4.74 Å². The SMILES string of the molecule is Cc1cccc(O[C@H](C)C(=O)Nc2ccc(C)c(F)c2)c1. The Kier molecular flexibility index (Phi) is 4.58. The number of amides is 1. The lowest BCUT2D eigenvalue weighted by Crippen LogP contribution is -2.30. The average molecular weight is 287 g/mol. The summed E-state index contributed by atoms with van der Waals surface area (Å²) in [5, 5.41) is 2.64. The number of halogens is 1. The Morgan fingerprint density at radius 2 is 1.95 bits per heavy atom. The predicted molar refractivity (Wildman–Crippen MR) is 81.0 cm³/mol. The molecule has 3 nitrogen and oxygen atoms in total. The number of carbonyl (C=O) groups is 1. The van der Waals surface area contributed by atoms with Crippen molar-refractivity contribution in [2.24, 2.45) is 0 Å². The van der Waals surface area contributed by atoms with Crippen LogP contribution in [0.3, 0.4) is 0 Å². The van der Waals surface area contributed by atoms with Crippen LogP contribution in [0.4, 0.5) is 10.1 Å². The zero-order chi connectivity index (χ0) is 15.4. The molecule has 0 aliphatic rings. The van der Waals surface area contributed by atoms with Gasteiger partial charge in [0.05, 0.1) is 0 Å². The molecule has 4 heteroatoms. The minimum atomic E-state index is -0.670. The van der Waals surface area contributed by atoms with Crippen LogP contribution in [0.1, 0.15) is 18.1 Å². The summed E-state index contributed by atoms with van der Waals surface area (Å²) in [4.78, 5) is 12.0. The van der Waals surface area contributed by atoms with E-state index in [1.54, 1.807) is 32.0 Å². The lowest BCUT2D eigenvalue weighted by molar-refractivity contribution is -0.122. The van der Waals surface area contributed by atoms with Crippen molar-refractivity contribution in [2.45, 2.75) is 26.9 Å². The smallest absolute Gasteiger partial charge is 0.265 e. The van der Waals surface area contributed by atoms with Gasteiger partial charge in [-0.25, -0.2) is 4.39 Å². The molecule has 0 saturated carbocycles. The van der Waals surface area contributed by atoms with Crippen molar-refractivity contribution in [3.63, 3.8) is 0 Å². The number of carbonyl (C=O) groups excluding carboxylic acids is 1. The van der Waals surface area contributed by atoms with Crippen LogP contribution in [0.2, 0.25) is 0 Å². The normalized spacial score (nSPS) is 11.8. The maximum atomic E-state index is 13.4. The van der Waals surface area contributed by atoms with Crippen LogP contribution >= 0.6 is 0 Å². The molecule has 2 aromatic rings. The average Bonchev–Trinajstić information content (AvgIpc) is 2.43. The topological polar surface area (TPSA) is 38.3 Å². The Morgan fingerprint density at radius 1 is 1.19 bits per heavy atom. The number of hydrogen-bond acceptors (Lipinski definition) is 2. The molecule has 1 atom stereocenters. The molecule has 2 rings (SSSR count). The van der Waals surface area contributed by atoms with Crippen LogP contribution in [-0.2, 0) is 4.79 Å². The molecule has 0 heterocycles. The van der Waals surface area contributed by atoms with Crippen LogP contribution in [0, 0.1) is 19.7 Å². The van der Waals surface area contributed by atoms with Crippen molar-refractivity contribution in [3.8, 4) is 5.75 Å². The van der Waals surface area contributed by atoms with Gasteiger partial charge in [0.2, 0.25) is 0 Å². The van der Waals surface area contributed by atoms with Gasteiger partial charge in [-0.3, -0.25) is 4.79 Å². The van der Waals surface area contributed by atoms with Crippen LogP contribution in [-0.4, -0.2) is 12.0 Å². The molecule has 110 valence electrons.